The molecule has 0 fully saturated rings. The Morgan fingerprint density at radius 1 is 0.677 bits per heavy atom. The fraction of sp³-hybridized carbons (Fsp3) is 0.148. The minimum absolute atomic E-state index is 0. The second-order valence-corrected chi connectivity index (χ2v) is 11.3. The summed E-state index contributed by atoms with van der Waals surface area (Å²) >= 11 is 0. The van der Waals surface area contributed by atoms with E-state index >= 15 is 0 Å². The van der Waals surface area contributed by atoms with Crippen LogP contribution in [0.4, 0.5) is 5.82 Å². The number of aromatic nitrogens is 1. The normalized spacial score (nSPS) is 12.9. The van der Waals surface area contributed by atoms with E-state index in [1.54, 1.807) is 0 Å². The van der Waals surface area contributed by atoms with Crippen molar-refractivity contribution in [1.29, 1.82) is 0 Å². The number of nitrogens with one attached hydrogen (secondary N) is 1. The van der Waals surface area contributed by atoms with Crippen LogP contribution in [0.3, 0.4) is 0 Å². The minimum atomic E-state index is -1.90. The number of anilines is 1. The van der Waals surface area contributed by atoms with E-state index in [0.29, 0.717) is 0 Å². The maximum absolute atomic E-state index is 5.09. The van der Waals surface area contributed by atoms with Crippen molar-refractivity contribution in [3.63, 3.8) is 0 Å². The van der Waals surface area contributed by atoms with E-state index in [-0.39, 0.29) is 17.0 Å². The lowest BCUT2D eigenvalue weighted by molar-refractivity contribution is -0.00000593. The summed E-state index contributed by atoms with van der Waals surface area (Å²) in [6, 6.07) is 37.6. The Bertz CT molecular complexity index is 1020. The highest BCUT2D eigenvalue weighted by atomic mass is 79.9. The monoisotopic (exact) mass is 488 g/mol. The predicted molar refractivity (Wildman–Crippen MR) is 130 cm³/mol. The van der Waals surface area contributed by atoms with Gasteiger partial charge in [0.25, 0.3) is 0 Å². The molecule has 4 heteroatoms. The van der Waals surface area contributed by atoms with E-state index in [2.05, 4.69) is 108 Å². The quantitative estimate of drug-likeness (QED) is 0.434. The minimum Gasteiger partial charge on any atom is -1.00 e. The second-order valence-electron chi connectivity index (χ2n) is 7.82. The number of aryl methyl sites for hydroxylation is 1. The SMILES string of the molecule is [Br-].c1ccc([P+](Cc2ccc3c(n2)NCCC3)(c2ccccc2)c2ccccc2)cc1. The molecule has 0 atom stereocenters. The Labute approximate surface area is 195 Å². The van der Waals surface area contributed by atoms with Crippen molar-refractivity contribution in [2.24, 2.45) is 0 Å². The second kappa shape index (κ2) is 9.77. The zero-order valence-corrected chi connectivity index (χ0v) is 19.9. The molecule has 0 radical (unpaired) electrons. The number of nitrogens with zero attached hydrogens (tertiary/aromatic N) is 1. The van der Waals surface area contributed by atoms with Gasteiger partial charge in [-0.2, -0.15) is 0 Å². The Morgan fingerprint density at radius 3 is 1.71 bits per heavy atom. The average Bonchev–Trinajstić information content (AvgIpc) is 2.84. The Hall–Kier alpha value is -2.48. The Kier molecular flexibility index (Phi) is 6.85. The molecule has 4 aromatic rings. The largest absolute Gasteiger partial charge is 1.00 e. The molecule has 1 aromatic heterocycles. The molecule has 0 spiro atoms. The molecular formula is C27H26BrN2P. The molecular weight excluding hydrogens is 463 g/mol. The number of fused-ring (bicyclic) bond motifs is 1. The van der Waals surface area contributed by atoms with Crippen LogP contribution in [0.2, 0.25) is 0 Å². The van der Waals surface area contributed by atoms with Crippen LogP contribution in [0.25, 0.3) is 0 Å². The van der Waals surface area contributed by atoms with Gasteiger partial charge in [-0.05, 0) is 60.9 Å². The van der Waals surface area contributed by atoms with Gasteiger partial charge in [-0.25, -0.2) is 4.98 Å². The van der Waals surface area contributed by atoms with E-state index < -0.39 is 7.26 Å². The molecule has 31 heavy (non-hydrogen) atoms. The first kappa shape index (κ1) is 21.7. The van der Waals surface area contributed by atoms with Gasteiger partial charge in [0.1, 0.15) is 35.2 Å². The van der Waals surface area contributed by atoms with E-state index in [1.165, 1.54) is 27.9 Å². The van der Waals surface area contributed by atoms with Crippen molar-refractivity contribution in [3.8, 4) is 0 Å². The first-order chi connectivity index (χ1) is 14.9. The molecule has 2 nitrogen and oxygen atoms in total. The molecule has 0 saturated carbocycles. The molecule has 0 saturated heterocycles. The number of pyridine rings is 1. The van der Waals surface area contributed by atoms with Crippen LogP contribution in [0, 0.1) is 0 Å². The molecule has 1 aliphatic heterocycles. The van der Waals surface area contributed by atoms with Crippen molar-refractivity contribution >= 4 is 29.0 Å². The van der Waals surface area contributed by atoms with E-state index in [4.69, 9.17) is 4.98 Å². The van der Waals surface area contributed by atoms with Gasteiger partial charge in [0.2, 0.25) is 0 Å². The topological polar surface area (TPSA) is 24.9 Å². The summed E-state index contributed by atoms with van der Waals surface area (Å²) in [5.74, 6) is 1.08. The lowest BCUT2D eigenvalue weighted by atomic mass is 10.1. The average molecular weight is 489 g/mol. The van der Waals surface area contributed by atoms with Gasteiger partial charge < -0.3 is 22.3 Å². The van der Waals surface area contributed by atoms with Crippen molar-refractivity contribution in [3.05, 3.63) is 114 Å². The van der Waals surface area contributed by atoms with Gasteiger partial charge in [-0.1, -0.05) is 60.7 Å². The van der Waals surface area contributed by atoms with Crippen LogP contribution in [0.15, 0.2) is 103 Å². The van der Waals surface area contributed by atoms with Gasteiger partial charge in [-0.15, -0.1) is 0 Å². The van der Waals surface area contributed by atoms with E-state index in [0.717, 1.165) is 30.6 Å². The van der Waals surface area contributed by atoms with Crippen LogP contribution in [-0.4, -0.2) is 11.5 Å². The van der Waals surface area contributed by atoms with Gasteiger partial charge in [0.15, 0.2) is 0 Å². The van der Waals surface area contributed by atoms with E-state index in [1.807, 2.05) is 0 Å². The maximum atomic E-state index is 5.09. The van der Waals surface area contributed by atoms with Crippen molar-refractivity contribution in [1.82, 2.24) is 4.98 Å². The van der Waals surface area contributed by atoms with Gasteiger partial charge in [0, 0.05) is 6.54 Å². The maximum Gasteiger partial charge on any atom is 0.129 e. The molecule has 0 bridgehead atoms. The third kappa shape index (κ3) is 4.31. The third-order valence-corrected chi connectivity index (χ3v) is 10.3. The summed E-state index contributed by atoms with van der Waals surface area (Å²) < 4.78 is 0. The van der Waals surface area contributed by atoms with Crippen LogP contribution >= 0.6 is 7.26 Å². The smallest absolute Gasteiger partial charge is 0.129 e. The lowest BCUT2D eigenvalue weighted by Gasteiger charge is -2.28. The van der Waals surface area contributed by atoms with Crippen molar-refractivity contribution in [2.75, 3.05) is 11.9 Å². The summed E-state index contributed by atoms with van der Waals surface area (Å²) in [4.78, 5) is 5.09. The van der Waals surface area contributed by atoms with Crippen LogP contribution in [0.5, 0.6) is 0 Å². The molecule has 1 aliphatic rings. The standard InChI is InChI=1S/C27H26N2P.BrH/c1-4-12-24(13-5-1)30(25-14-6-2-7-15-25,26-16-8-3-9-17-26)21-23-19-18-22-11-10-20-28-27(22)29-23;/h1-9,12-19H,10-11,20-21H2,(H,28,29);1H/q+1;/p-1. The van der Waals surface area contributed by atoms with Crippen LogP contribution < -0.4 is 38.2 Å². The van der Waals surface area contributed by atoms with Gasteiger partial charge in [0.05, 0.1) is 5.69 Å². The number of hydrogen-bond acceptors (Lipinski definition) is 2. The summed E-state index contributed by atoms with van der Waals surface area (Å²) in [5.41, 5.74) is 2.50. The fourth-order valence-electron chi connectivity index (χ4n) is 4.47. The molecule has 3 aromatic carbocycles. The third-order valence-electron chi connectivity index (χ3n) is 5.94. The Balaban J connectivity index is 0.00000231. The summed E-state index contributed by atoms with van der Waals surface area (Å²) in [6.45, 7) is 1.01. The molecule has 0 unspecified atom stereocenters. The van der Waals surface area contributed by atoms with E-state index in [9.17, 15) is 0 Å². The van der Waals surface area contributed by atoms with Gasteiger partial charge in [-0.3, -0.25) is 0 Å². The fourth-order valence-corrected chi connectivity index (χ4v) is 8.62. The van der Waals surface area contributed by atoms with Crippen LogP contribution in [-0.2, 0) is 12.6 Å². The van der Waals surface area contributed by atoms with Crippen molar-refractivity contribution < 1.29 is 17.0 Å². The number of rotatable bonds is 5. The number of benzene rings is 3. The van der Waals surface area contributed by atoms with Crippen LogP contribution in [0.1, 0.15) is 17.7 Å². The summed E-state index contributed by atoms with van der Waals surface area (Å²) in [5, 5.41) is 7.70. The number of halogens is 1. The molecule has 2 heterocycles. The predicted octanol–water partition coefficient (Wildman–Crippen LogP) is 1.94. The number of hydrogen-bond donors (Lipinski definition) is 1. The Morgan fingerprint density at radius 2 is 1.19 bits per heavy atom. The summed E-state index contributed by atoms with van der Waals surface area (Å²) in [6.07, 6.45) is 3.22. The molecule has 0 aliphatic carbocycles. The molecule has 156 valence electrons. The zero-order valence-electron chi connectivity index (χ0n) is 17.4. The highest BCUT2D eigenvalue weighted by Gasteiger charge is 2.45. The lowest BCUT2D eigenvalue weighted by Crippen LogP contribution is -3.00. The first-order valence-corrected chi connectivity index (χ1v) is 12.6. The zero-order chi connectivity index (χ0) is 20.2. The first-order valence-electron chi connectivity index (χ1n) is 10.6. The highest BCUT2D eigenvalue weighted by molar-refractivity contribution is 7.95. The molecule has 5 rings (SSSR count). The molecule has 1 N–H and O–H groups in total. The summed E-state index contributed by atoms with van der Waals surface area (Å²) in [7, 11) is -1.90. The van der Waals surface area contributed by atoms with Gasteiger partial charge >= 0.3 is 0 Å². The van der Waals surface area contributed by atoms with Crippen molar-refractivity contribution in [2.45, 2.75) is 19.0 Å². The molecule has 0 amide bonds. The highest BCUT2D eigenvalue weighted by Crippen LogP contribution is 2.58.